The Morgan fingerprint density at radius 2 is 2.00 bits per heavy atom. The van der Waals surface area contributed by atoms with Gasteiger partial charge in [0.05, 0.1) is 11.0 Å². The van der Waals surface area contributed by atoms with E-state index in [-0.39, 0.29) is 4.90 Å². The summed E-state index contributed by atoms with van der Waals surface area (Å²) in [6.07, 6.45) is 0. The summed E-state index contributed by atoms with van der Waals surface area (Å²) in [7, 11) is -2.33. The molecule has 4 nitrogen and oxygen atoms in total. The number of hydrogen-bond donors (Lipinski definition) is 0. The fraction of sp³-hybridized carbons (Fsp3) is 0.364. The fourth-order valence-electron chi connectivity index (χ4n) is 1.16. The van der Waals surface area contributed by atoms with Gasteiger partial charge in [0.15, 0.2) is 0 Å². The molecule has 1 rings (SSSR count). The van der Waals surface area contributed by atoms with Gasteiger partial charge in [-0.05, 0) is 32.0 Å². The molecule has 0 fully saturated rings. The molecule has 0 aliphatic rings. The van der Waals surface area contributed by atoms with Crippen molar-refractivity contribution in [3.8, 4) is 6.07 Å². The summed E-state index contributed by atoms with van der Waals surface area (Å²) < 4.78 is 25.4. The molecule has 0 spiro atoms. The summed E-state index contributed by atoms with van der Waals surface area (Å²) in [6.45, 7) is 3.07. The number of nitriles is 1. The highest BCUT2D eigenvalue weighted by atomic mass is 35.5. The monoisotopic (exact) mass is 272 g/mol. The molecule has 0 heterocycles. The van der Waals surface area contributed by atoms with E-state index in [9.17, 15) is 8.42 Å². The zero-order valence-electron chi connectivity index (χ0n) is 9.81. The van der Waals surface area contributed by atoms with Crippen molar-refractivity contribution < 1.29 is 8.42 Å². The highest BCUT2D eigenvalue weighted by molar-refractivity contribution is 7.89. The standard InChI is InChI=1S/C11H13ClN2O2S/c1-11(2,8-13)14(3)17(15,16)10-6-4-5-9(12)7-10/h4-7H,1-3H3. The zero-order chi connectivity index (χ0) is 13.3. The first-order valence-electron chi connectivity index (χ1n) is 4.87. The maximum Gasteiger partial charge on any atom is 0.244 e. The predicted molar refractivity (Wildman–Crippen MR) is 66.1 cm³/mol. The third kappa shape index (κ3) is 2.78. The summed E-state index contributed by atoms with van der Waals surface area (Å²) in [4.78, 5) is 0.0795. The Kier molecular flexibility index (Phi) is 3.82. The van der Waals surface area contributed by atoms with Gasteiger partial charge in [-0.1, -0.05) is 17.7 Å². The molecule has 1 aromatic carbocycles. The molecule has 0 saturated heterocycles. The van der Waals surface area contributed by atoms with Crippen LogP contribution in [0.2, 0.25) is 5.02 Å². The van der Waals surface area contributed by atoms with E-state index in [1.807, 2.05) is 6.07 Å². The Morgan fingerprint density at radius 3 is 2.47 bits per heavy atom. The van der Waals surface area contributed by atoms with Gasteiger partial charge in [0.2, 0.25) is 10.0 Å². The number of sulfonamides is 1. The number of benzene rings is 1. The normalized spacial score (nSPS) is 12.5. The highest BCUT2D eigenvalue weighted by Crippen LogP contribution is 2.24. The molecule has 92 valence electrons. The van der Waals surface area contributed by atoms with Gasteiger partial charge in [0.25, 0.3) is 0 Å². The Morgan fingerprint density at radius 1 is 1.41 bits per heavy atom. The molecule has 0 saturated carbocycles. The van der Waals surface area contributed by atoms with Gasteiger partial charge in [0.1, 0.15) is 5.54 Å². The maximum absolute atomic E-state index is 12.2. The lowest BCUT2D eigenvalue weighted by atomic mass is 10.1. The van der Waals surface area contributed by atoms with Crippen LogP contribution in [0.5, 0.6) is 0 Å². The molecule has 0 bridgehead atoms. The van der Waals surface area contributed by atoms with Crippen LogP contribution in [-0.2, 0) is 10.0 Å². The maximum atomic E-state index is 12.2. The Balaban J connectivity index is 3.27. The van der Waals surface area contributed by atoms with E-state index < -0.39 is 15.6 Å². The Bertz CT molecular complexity index is 561. The quantitative estimate of drug-likeness (QED) is 0.848. The van der Waals surface area contributed by atoms with Crippen LogP contribution in [0.4, 0.5) is 0 Å². The molecule has 0 aromatic heterocycles. The van der Waals surface area contributed by atoms with Crippen molar-refractivity contribution in [1.29, 1.82) is 5.26 Å². The largest absolute Gasteiger partial charge is 0.244 e. The molecule has 6 heteroatoms. The van der Waals surface area contributed by atoms with Crippen LogP contribution in [0.25, 0.3) is 0 Å². The molecule has 0 aliphatic heterocycles. The van der Waals surface area contributed by atoms with Crippen LogP contribution in [-0.4, -0.2) is 25.3 Å². The van der Waals surface area contributed by atoms with Crippen LogP contribution in [0.15, 0.2) is 29.2 Å². The lowest BCUT2D eigenvalue weighted by molar-refractivity contribution is 0.337. The Hall–Kier alpha value is -1.09. The molecule has 17 heavy (non-hydrogen) atoms. The third-order valence-electron chi connectivity index (χ3n) is 2.52. The first kappa shape index (κ1) is 14.0. The molecule has 0 amide bonds. The number of halogens is 1. The average molecular weight is 273 g/mol. The van der Waals surface area contributed by atoms with Crippen LogP contribution in [0.3, 0.4) is 0 Å². The van der Waals surface area contributed by atoms with E-state index in [1.54, 1.807) is 12.1 Å². The van der Waals surface area contributed by atoms with Crippen LogP contribution >= 0.6 is 11.6 Å². The van der Waals surface area contributed by atoms with Crippen LogP contribution < -0.4 is 0 Å². The third-order valence-corrected chi connectivity index (χ3v) is 4.78. The average Bonchev–Trinajstić information content (AvgIpc) is 2.28. The van der Waals surface area contributed by atoms with Gasteiger partial charge in [0, 0.05) is 12.1 Å². The second kappa shape index (κ2) is 4.65. The molecule has 0 atom stereocenters. The van der Waals surface area contributed by atoms with Crippen molar-refractivity contribution in [2.45, 2.75) is 24.3 Å². The molecular formula is C11H13ClN2O2S. The van der Waals surface area contributed by atoms with Crippen molar-refractivity contribution in [2.75, 3.05) is 7.05 Å². The van der Waals surface area contributed by atoms with Crippen molar-refractivity contribution in [3.05, 3.63) is 29.3 Å². The minimum Gasteiger partial charge on any atom is -0.207 e. The smallest absolute Gasteiger partial charge is 0.207 e. The van der Waals surface area contributed by atoms with Crippen molar-refractivity contribution >= 4 is 21.6 Å². The number of nitrogens with zero attached hydrogens (tertiary/aromatic N) is 2. The molecule has 1 aromatic rings. The molecule has 0 N–H and O–H groups in total. The SMILES string of the molecule is CN(C(C)(C)C#N)S(=O)(=O)c1cccc(Cl)c1. The van der Waals surface area contributed by atoms with Crippen LogP contribution in [0, 0.1) is 11.3 Å². The molecule has 0 unspecified atom stereocenters. The molecule has 0 aliphatic carbocycles. The lowest BCUT2D eigenvalue weighted by Gasteiger charge is -2.28. The van der Waals surface area contributed by atoms with E-state index >= 15 is 0 Å². The van der Waals surface area contributed by atoms with Gasteiger partial charge in [-0.25, -0.2) is 8.42 Å². The number of hydrogen-bond acceptors (Lipinski definition) is 3. The molecular weight excluding hydrogens is 260 g/mol. The summed E-state index contributed by atoms with van der Waals surface area (Å²) in [5.74, 6) is 0. The predicted octanol–water partition coefficient (Wildman–Crippen LogP) is 2.26. The summed E-state index contributed by atoms with van der Waals surface area (Å²) >= 11 is 5.76. The highest BCUT2D eigenvalue weighted by Gasteiger charge is 2.34. The molecule has 0 radical (unpaired) electrons. The summed E-state index contributed by atoms with van der Waals surface area (Å²) in [5.41, 5.74) is -1.11. The fourth-order valence-corrected chi connectivity index (χ4v) is 2.90. The van der Waals surface area contributed by atoms with E-state index in [1.165, 1.54) is 33.0 Å². The second-order valence-corrected chi connectivity index (χ2v) is 6.51. The van der Waals surface area contributed by atoms with Crippen molar-refractivity contribution in [2.24, 2.45) is 0 Å². The van der Waals surface area contributed by atoms with E-state index in [0.29, 0.717) is 5.02 Å². The zero-order valence-corrected chi connectivity index (χ0v) is 11.4. The van der Waals surface area contributed by atoms with E-state index in [4.69, 9.17) is 16.9 Å². The Labute approximate surface area is 106 Å². The van der Waals surface area contributed by atoms with E-state index in [0.717, 1.165) is 4.31 Å². The minimum absolute atomic E-state index is 0.0795. The second-order valence-electron chi connectivity index (χ2n) is 4.10. The summed E-state index contributed by atoms with van der Waals surface area (Å²) in [6, 6.07) is 7.91. The van der Waals surface area contributed by atoms with Crippen LogP contribution in [0.1, 0.15) is 13.8 Å². The topological polar surface area (TPSA) is 61.2 Å². The van der Waals surface area contributed by atoms with Gasteiger partial charge in [-0.3, -0.25) is 0 Å². The van der Waals surface area contributed by atoms with Gasteiger partial charge < -0.3 is 0 Å². The van der Waals surface area contributed by atoms with Gasteiger partial charge >= 0.3 is 0 Å². The summed E-state index contributed by atoms with van der Waals surface area (Å²) in [5, 5.41) is 9.29. The van der Waals surface area contributed by atoms with Crippen molar-refractivity contribution in [3.63, 3.8) is 0 Å². The number of rotatable bonds is 3. The van der Waals surface area contributed by atoms with Gasteiger partial charge in [-0.15, -0.1) is 0 Å². The van der Waals surface area contributed by atoms with Crippen molar-refractivity contribution in [1.82, 2.24) is 4.31 Å². The van der Waals surface area contributed by atoms with E-state index in [2.05, 4.69) is 0 Å². The van der Waals surface area contributed by atoms with Gasteiger partial charge in [-0.2, -0.15) is 9.57 Å². The minimum atomic E-state index is -3.70. The lowest BCUT2D eigenvalue weighted by Crippen LogP contribution is -2.43. The first-order chi connectivity index (χ1) is 7.71. The first-order valence-corrected chi connectivity index (χ1v) is 6.69.